The first-order valence-electron chi connectivity index (χ1n) is 9.98. The number of aryl methyl sites for hydroxylation is 2. The van der Waals surface area contributed by atoms with Crippen molar-refractivity contribution in [3.63, 3.8) is 0 Å². The second kappa shape index (κ2) is 12.5. The maximum atomic E-state index is 12.1. The van der Waals surface area contributed by atoms with Crippen molar-refractivity contribution in [3.8, 4) is 0 Å². The van der Waals surface area contributed by atoms with Gasteiger partial charge in [-0.25, -0.2) is 4.98 Å². The smallest absolute Gasteiger partial charge is 0.251 e. The Morgan fingerprint density at radius 2 is 1.71 bits per heavy atom. The SMILES string of the molecule is CN=C(NCCCn1c(C)nc2ccccc21)NCCNC(=O)c1ccc(Cl)cc1.I. The predicted octanol–water partition coefficient (Wildman–Crippen LogP) is 3.60. The number of carbonyl (C=O) groups excluding carboxylic acids is 1. The highest BCUT2D eigenvalue weighted by atomic mass is 127. The highest BCUT2D eigenvalue weighted by Gasteiger charge is 2.07. The molecule has 0 saturated carbocycles. The van der Waals surface area contributed by atoms with Crippen LogP contribution in [0.4, 0.5) is 0 Å². The van der Waals surface area contributed by atoms with Gasteiger partial charge in [-0.2, -0.15) is 0 Å². The molecule has 3 rings (SSSR count). The number of benzene rings is 2. The summed E-state index contributed by atoms with van der Waals surface area (Å²) in [6, 6.07) is 15.0. The van der Waals surface area contributed by atoms with Gasteiger partial charge in [0.05, 0.1) is 11.0 Å². The fourth-order valence-electron chi connectivity index (χ4n) is 3.20. The average molecular weight is 555 g/mol. The van der Waals surface area contributed by atoms with E-state index in [2.05, 4.69) is 36.6 Å². The number of carbonyl (C=O) groups is 1. The van der Waals surface area contributed by atoms with Crippen LogP contribution in [0.5, 0.6) is 0 Å². The lowest BCUT2D eigenvalue weighted by atomic mass is 10.2. The van der Waals surface area contributed by atoms with Gasteiger partial charge in [0.25, 0.3) is 5.91 Å². The zero-order valence-electron chi connectivity index (χ0n) is 17.7. The Morgan fingerprint density at radius 3 is 2.45 bits per heavy atom. The molecule has 0 unspecified atom stereocenters. The molecule has 1 amide bonds. The lowest BCUT2D eigenvalue weighted by Crippen LogP contribution is -2.42. The molecule has 0 aliphatic rings. The number of fused-ring (bicyclic) bond motifs is 1. The third kappa shape index (κ3) is 7.10. The van der Waals surface area contributed by atoms with Crippen LogP contribution in [0.25, 0.3) is 11.0 Å². The molecule has 0 saturated heterocycles. The van der Waals surface area contributed by atoms with Crippen molar-refractivity contribution in [2.75, 3.05) is 26.7 Å². The molecular weight excluding hydrogens is 527 g/mol. The molecule has 0 aliphatic carbocycles. The molecule has 1 aromatic heterocycles. The minimum atomic E-state index is -0.126. The number of halogens is 2. The molecule has 0 spiro atoms. The van der Waals surface area contributed by atoms with Crippen LogP contribution < -0.4 is 16.0 Å². The third-order valence-corrected chi connectivity index (χ3v) is 4.98. The number of amides is 1. The van der Waals surface area contributed by atoms with Crippen molar-refractivity contribution >= 4 is 58.5 Å². The highest BCUT2D eigenvalue weighted by Crippen LogP contribution is 2.15. The summed E-state index contributed by atoms with van der Waals surface area (Å²) in [6.07, 6.45) is 0.940. The van der Waals surface area contributed by atoms with Gasteiger partial charge in [-0.05, 0) is 49.7 Å². The van der Waals surface area contributed by atoms with Crippen molar-refractivity contribution in [2.24, 2.45) is 4.99 Å². The van der Waals surface area contributed by atoms with Gasteiger partial charge >= 0.3 is 0 Å². The van der Waals surface area contributed by atoms with Crippen LogP contribution in [0.15, 0.2) is 53.5 Å². The van der Waals surface area contributed by atoms with Gasteiger partial charge in [-0.3, -0.25) is 9.79 Å². The van der Waals surface area contributed by atoms with E-state index in [1.54, 1.807) is 31.3 Å². The van der Waals surface area contributed by atoms with Gasteiger partial charge in [-0.1, -0.05) is 23.7 Å². The van der Waals surface area contributed by atoms with Crippen LogP contribution >= 0.6 is 35.6 Å². The summed E-state index contributed by atoms with van der Waals surface area (Å²) < 4.78 is 2.24. The molecule has 31 heavy (non-hydrogen) atoms. The third-order valence-electron chi connectivity index (χ3n) is 4.73. The zero-order chi connectivity index (χ0) is 21.3. The summed E-state index contributed by atoms with van der Waals surface area (Å²) in [7, 11) is 1.73. The van der Waals surface area contributed by atoms with E-state index >= 15 is 0 Å². The summed E-state index contributed by atoms with van der Waals surface area (Å²) in [4.78, 5) is 20.9. The first-order valence-corrected chi connectivity index (χ1v) is 10.4. The number of aliphatic imine (C=N–C) groups is 1. The number of para-hydroxylation sites is 2. The van der Waals surface area contributed by atoms with Crippen LogP contribution in [0, 0.1) is 6.92 Å². The molecule has 9 heteroatoms. The molecule has 1 heterocycles. The van der Waals surface area contributed by atoms with Gasteiger partial charge in [0, 0.05) is 43.8 Å². The quantitative estimate of drug-likeness (QED) is 0.172. The summed E-state index contributed by atoms with van der Waals surface area (Å²) >= 11 is 5.84. The normalized spacial score (nSPS) is 11.1. The molecule has 3 N–H and O–H groups in total. The fraction of sp³-hybridized carbons (Fsp3) is 0.318. The minimum absolute atomic E-state index is 0. The lowest BCUT2D eigenvalue weighted by molar-refractivity contribution is 0.0954. The molecular formula is C22H28ClIN6O. The Balaban J connectivity index is 0.00000341. The Labute approximate surface area is 204 Å². The van der Waals surface area contributed by atoms with Crippen LogP contribution in [-0.2, 0) is 6.54 Å². The Bertz CT molecular complexity index is 1020. The summed E-state index contributed by atoms with van der Waals surface area (Å²) in [5, 5.41) is 9.99. The molecule has 0 aliphatic heterocycles. The standard InChI is InChI=1S/C22H27ClN6O.HI/c1-16-28-19-6-3-4-7-20(19)29(16)15-5-12-26-22(24-2)27-14-13-25-21(30)17-8-10-18(23)11-9-17;/h3-4,6-11H,5,12-15H2,1-2H3,(H,25,30)(H2,24,26,27);1H. The molecule has 2 aromatic carbocycles. The van der Waals surface area contributed by atoms with E-state index in [1.807, 2.05) is 25.1 Å². The van der Waals surface area contributed by atoms with E-state index in [0.29, 0.717) is 29.6 Å². The van der Waals surface area contributed by atoms with E-state index in [1.165, 1.54) is 0 Å². The predicted molar refractivity (Wildman–Crippen MR) is 138 cm³/mol. The first kappa shape index (κ1) is 24.9. The number of guanidine groups is 1. The Kier molecular flexibility index (Phi) is 10.1. The Hall–Kier alpha value is -2.33. The number of nitrogens with one attached hydrogen (secondary N) is 3. The van der Waals surface area contributed by atoms with Gasteiger partial charge in [0.2, 0.25) is 0 Å². The minimum Gasteiger partial charge on any atom is -0.356 e. The van der Waals surface area contributed by atoms with Crippen LogP contribution in [0.1, 0.15) is 22.6 Å². The van der Waals surface area contributed by atoms with E-state index in [-0.39, 0.29) is 29.9 Å². The molecule has 0 bridgehead atoms. The largest absolute Gasteiger partial charge is 0.356 e. The number of imidazole rings is 1. The van der Waals surface area contributed by atoms with Gasteiger partial charge < -0.3 is 20.5 Å². The summed E-state index contributed by atoms with van der Waals surface area (Å²) in [6.45, 7) is 4.76. The molecule has 0 radical (unpaired) electrons. The highest BCUT2D eigenvalue weighted by molar-refractivity contribution is 14.0. The number of aromatic nitrogens is 2. The molecule has 0 atom stereocenters. The molecule has 3 aromatic rings. The number of hydrogen-bond acceptors (Lipinski definition) is 3. The van der Waals surface area contributed by atoms with E-state index in [4.69, 9.17) is 11.6 Å². The van der Waals surface area contributed by atoms with E-state index < -0.39 is 0 Å². The number of hydrogen-bond donors (Lipinski definition) is 3. The summed E-state index contributed by atoms with van der Waals surface area (Å²) in [5.74, 6) is 1.61. The van der Waals surface area contributed by atoms with Crippen LogP contribution in [0.2, 0.25) is 5.02 Å². The molecule has 166 valence electrons. The van der Waals surface area contributed by atoms with Crippen LogP contribution in [0.3, 0.4) is 0 Å². The monoisotopic (exact) mass is 554 g/mol. The molecule has 7 nitrogen and oxygen atoms in total. The van der Waals surface area contributed by atoms with Crippen LogP contribution in [-0.4, -0.2) is 48.1 Å². The van der Waals surface area contributed by atoms with Crippen molar-refractivity contribution in [1.29, 1.82) is 0 Å². The zero-order valence-corrected chi connectivity index (χ0v) is 20.8. The van der Waals surface area contributed by atoms with Crippen molar-refractivity contribution in [2.45, 2.75) is 19.9 Å². The molecule has 0 fully saturated rings. The van der Waals surface area contributed by atoms with Gasteiger partial charge in [-0.15, -0.1) is 24.0 Å². The summed E-state index contributed by atoms with van der Waals surface area (Å²) in [5.41, 5.74) is 2.78. The van der Waals surface area contributed by atoms with E-state index in [0.717, 1.165) is 36.4 Å². The van der Waals surface area contributed by atoms with Crippen molar-refractivity contribution in [3.05, 3.63) is 64.9 Å². The number of nitrogens with zero attached hydrogens (tertiary/aromatic N) is 3. The van der Waals surface area contributed by atoms with Gasteiger partial charge in [0.1, 0.15) is 5.82 Å². The van der Waals surface area contributed by atoms with Gasteiger partial charge in [0.15, 0.2) is 5.96 Å². The fourth-order valence-corrected chi connectivity index (χ4v) is 3.33. The van der Waals surface area contributed by atoms with Crippen molar-refractivity contribution in [1.82, 2.24) is 25.5 Å². The number of rotatable bonds is 8. The lowest BCUT2D eigenvalue weighted by Gasteiger charge is -2.13. The average Bonchev–Trinajstić information content (AvgIpc) is 3.08. The maximum Gasteiger partial charge on any atom is 0.251 e. The second-order valence-electron chi connectivity index (χ2n) is 6.84. The maximum absolute atomic E-state index is 12.1. The Morgan fingerprint density at radius 1 is 1.03 bits per heavy atom. The first-order chi connectivity index (χ1) is 14.6. The topological polar surface area (TPSA) is 83.3 Å². The van der Waals surface area contributed by atoms with Crippen molar-refractivity contribution < 1.29 is 4.79 Å². The second-order valence-corrected chi connectivity index (χ2v) is 7.28. The van der Waals surface area contributed by atoms with E-state index in [9.17, 15) is 4.79 Å².